The summed E-state index contributed by atoms with van der Waals surface area (Å²) in [5.74, 6) is -0.357. The molecular weight excluding hydrogens is 252 g/mol. The first-order valence-electron chi connectivity index (χ1n) is 7.20. The van der Waals surface area contributed by atoms with Crippen molar-refractivity contribution in [3.63, 3.8) is 0 Å². The first-order valence-corrected chi connectivity index (χ1v) is 7.20. The third-order valence-electron chi connectivity index (χ3n) is 3.67. The van der Waals surface area contributed by atoms with E-state index in [1.807, 2.05) is 0 Å². The van der Waals surface area contributed by atoms with E-state index in [-0.39, 0.29) is 23.9 Å². The molecule has 0 radical (unpaired) electrons. The highest BCUT2D eigenvalue weighted by atomic mass is 16.2. The zero-order chi connectivity index (χ0) is 14.5. The standard InChI is InChI=1S/C16H22N2O2/c1-11-4-3-5-13(10-11)7-6-12(2)17-14-8-9-15(19)18-16(14)20/h3-5,10,12,14,17H,6-9H2,1-2H3,(H,18,19,20). The number of amides is 2. The average molecular weight is 274 g/mol. The highest BCUT2D eigenvalue weighted by molar-refractivity contribution is 6.00. The molecule has 1 heterocycles. The van der Waals surface area contributed by atoms with Crippen LogP contribution in [0.1, 0.15) is 37.3 Å². The summed E-state index contributed by atoms with van der Waals surface area (Å²) in [6.07, 6.45) is 2.98. The van der Waals surface area contributed by atoms with Crippen molar-refractivity contribution in [2.24, 2.45) is 0 Å². The van der Waals surface area contributed by atoms with Crippen molar-refractivity contribution >= 4 is 11.8 Å². The van der Waals surface area contributed by atoms with Crippen molar-refractivity contribution in [3.8, 4) is 0 Å². The quantitative estimate of drug-likeness (QED) is 0.804. The van der Waals surface area contributed by atoms with E-state index in [2.05, 4.69) is 48.7 Å². The smallest absolute Gasteiger partial charge is 0.243 e. The molecule has 108 valence electrons. The second kappa shape index (κ2) is 6.66. The first kappa shape index (κ1) is 14.7. The number of imide groups is 1. The van der Waals surface area contributed by atoms with Crippen LogP contribution in [0.15, 0.2) is 24.3 Å². The van der Waals surface area contributed by atoms with Gasteiger partial charge in [0.15, 0.2) is 0 Å². The molecule has 1 fully saturated rings. The third-order valence-corrected chi connectivity index (χ3v) is 3.67. The Balaban J connectivity index is 1.79. The number of benzene rings is 1. The highest BCUT2D eigenvalue weighted by Gasteiger charge is 2.27. The number of carbonyl (C=O) groups is 2. The molecule has 4 heteroatoms. The number of hydrogen-bond acceptors (Lipinski definition) is 3. The van der Waals surface area contributed by atoms with Crippen molar-refractivity contribution in [1.82, 2.24) is 10.6 Å². The largest absolute Gasteiger partial charge is 0.303 e. The molecule has 2 unspecified atom stereocenters. The summed E-state index contributed by atoms with van der Waals surface area (Å²) >= 11 is 0. The minimum atomic E-state index is -0.236. The molecule has 1 aromatic rings. The minimum absolute atomic E-state index is 0.166. The summed E-state index contributed by atoms with van der Waals surface area (Å²) in [7, 11) is 0. The normalized spacial score (nSPS) is 20.6. The van der Waals surface area contributed by atoms with Gasteiger partial charge in [0.2, 0.25) is 11.8 Å². The predicted molar refractivity (Wildman–Crippen MR) is 78.3 cm³/mol. The minimum Gasteiger partial charge on any atom is -0.303 e. The van der Waals surface area contributed by atoms with Crippen LogP contribution in [0.5, 0.6) is 0 Å². The average Bonchev–Trinajstić information content (AvgIpc) is 2.40. The molecule has 1 aliphatic rings. The van der Waals surface area contributed by atoms with E-state index >= 15 is 0 Å². The third kappa shape index (κ3) is 4.17. The molecule has 0 bridgehead atoms. The fourth-order valence-electron chi connectivity index (χ4n) is 2.53. The van der Waals surface area contributed by atoms with Gasteiger partial charge in [-0.15, -0.1) is 0 Å². The number of piperidine rings is 1. The summed E-state index contributed by atoms with van der Waals surface area (Å²) in [5, 5.41) is 5.69. The van der Waals surface area contributed by atoms with Gasteiger partial charge in [0.05, 0.1) is 6.04 Å². The SMILES string of the molecule is Cc1cccc(CCC(C)NC2CCC(=O)NC2=O)c1. The molecular formula is C16H22N2O2. The second-order valence-corrected chi connectivity index (χ2v) is 5.60. The zero-order valence-corrected chi connectivity index (χ0v) is 12.1. The Morgan fingerprint density at radius 1 is 1.40 bits per heavy atom. The van der Waals surface area contributed by atoms with Crippen molar-refractivity contribution in [2.45, 2.75) is 51.6 Å². The van der Waals surface area contributed by atoms with Gasteiger partial charge in [0.25, 0.3) is 0 Å². The van der Waals surface area contributed by atoms with E-state index in [4.69, 9.17) is 0 Å². The van der Waals surface area contributed by atoms with Crippen molar-refractivity contribution in [1.29, 1.82) is 0 Å². The van der Waals surface area contributed by atoms with Gasteiger partial charge in [0, 0.05) is 12.5 Å². The lowest BCUT2D eigenvalue weighted by Gasteiger charge is -2.25. The molecule has 1 saturated heterocycles. The molecule has 2 atom stereocenters. The van der Waals surface area contributed by atoms with Gasteiger partial charge in [-0.1, -0.05) is 29.8 Å². The molecule has 2 rings (SSSR count). The van der Waals surface area contributed by atoms with Crippen LogP contribution in [0, 0.1) is 6.92 Å². The van der Waals surface area contributed by atoms with Crippen LogP contribution in [0.25, 0.3) is 0 Å². The fraction of sp³-hybridized carbons (Fsp3) is 0.500. The van der Waals surface area contributed by atoms with Gasteiger partial charge in [0.1, 0.15) is 0 Å². The van der Waals surface area contributed by atoms with Gasteiger partial charge in [-0.05, 0) is 38.7 Å². The highest BCUT2D eigenvalue weighted by Crippen LogP contribution is 2.10. The number of hydrogen-bond donors (Lipinski definition) is 2. The Morgan fingerprint density at radius 3 is 2.90 bits per heavy atom. The van der Waals surface area contributed by atoms with Crippen LogP contribution in [0.3, 0.4) is 0 Å². The molecule has 0 saturated carbocycles. The lowest BCUT2D eigenvalue weighted by molar-refractivity contribution is -0.134. The maximum Gasteiger partial charge on any atom is 0.243 e. The van der Waals surface area contributed by atoms with Crippen molar-refractivity contribution in [2.75, 3.05) is 0 Å². The predicted octanol–water partition coefficient (Wildman–Crippen LogP) is 1.71. The first-order chi connectivity index (χ1) is 9.54. The van der Waals surface area contributed by atoms with Crippen LogP contribution in [0.2, 0.25) is 0 Å². The van der Waals surface area contributed by atoms with E-state index in [1.54, 1.807) is 0 Å². The summed E-state index contributed by atoms with van der Waals surface area (Å²) in [6.45, 7) is 4.17. The number of carbonyl (C=O) groups excluding carboxylic acids is 2. The lowest BCUT2D eigenvalue weighted by atomic mass is 10.0. The van der Waals surface area contributed by atoms with E-state index < -0.39 is 0 Å². The maximum absolute atomic E-state index is 11.7. The Labute approximate surface area is 119 Å². The van der Waals surface area contributed by atoms with Crippen molar-refractivity contribution in [3.05, 3.63) is 35.4 Å². The van der Waals surface area contributed by atoms with Crippen LogP contribution in [-0.2, 0) is 16.0 Å². The summed E-state index contributed by atoms with van der Waals surface area (Å²) in [6, 6.07) is 8.50. The van der Waals surface area contributed by atoms with Crippen LogP contribution in [0.4, 0.5) is 0 Å². The Morgan fingerprint density at radius 2 is 2.20 bits per heavy atom. The fourth-order valence-corrected chi connectivity index (χ4v) is 2.53. The number of nitrogens with one attached hydrogen (secondary N) is 2. The van der Waals surface area contributed by atoms with Gasteiger partial charge >= 0.3 is 0 Å². The molecule has 1 aliphatic heterocycles. The molecule has 1 aromatic carbocycles. The summed E-state index contributed by atoms with van der Waals surface area (Å²) < 4.78 is 0. The topological polar surface area (TPSA) is 58.2 Å². The van der Waals surface area contributed by atoms with E-state index in [1.165, 1.54) is 11.1 Å². The molecule has 2 N–H and O–H groups in total. The second-order valence-electron chi connectivity index (χ2n) is 5.60. The zero-order valence-electron chi connectivity index (χ0n) is 12.1. The molecule has 0 aromatic heterocycles. The maximum atomic E-state index is 11.7. The van der Waals surface area contributed by atoms with Crippen LogP contribution >= 0.6 is 0 Å². The Hall–Kier alpha value is -1.68. The van der Waals surface area contributed by atoms with Gasteiger partial charge < -0.3 is 5.32 Å². The van der Waals surface area contributed by atoms with Crippen molar-refractivity contribution < 1.29 is 9.59 Å². The van der Waals surface area contributed by atoms with E-state index in [0.29, 0.717) is 12.8 Å². The van der Waals surface area contributed by atoms with E-state index in [0.717, 1.165) is 12.8 Å². The van der Waals surface area contributed by atoms with Crippen LogP contribution < -0.4 is 10.6 Å². The lowest BCUT2D eigenvalue weighted by Crippen LogP contribution is -2.52. The van der Waals surface area contributed by atoms with Crippen LogP contribution in [-0.4, -0.2) is 23.9 Å². The summed E-state index contributed by atoms with van der Waals surface area (Å²) in [5.41, 5.74) is 2.59. The van der Waals surface area contributed by atoms with Gasteiger partial charge in [-0.3, -0.25) is 14.9 Å². The number of rotatable bonds is 5. The molecule has 4 nitrogen and oxygen atoms in total. The molecule has 20 heavy (non-hydrogen) atoms. The molecule has 2 amide bonds. The summed E-state index contributed by atoms with van der Waals surface area (Å²) in [4.78, 5) is 22.8. The molecule has 0 spiro atoms. The van der Waals surface area contributed by atoms with Gasteiger partial charge in [-0.25, -0.2) is 0 Å². The van der Waals surface area contributed by atoms with E-state index in [9.17, 15) is 9.59 Å². The molecule has 0 aliphatic carbocycles. The Bertz CT molecular complexity index is 499. The monoisotopic (exact) mass is 274 g/mol. The Kier molecular flexibility index (Phi) is 4.90. The number of aryl methyl sites for hydroxylation is 2. The van der Waals surface area contributed by atoms with Gasteiger partial charge in [-0.2, -0.15) is 0 Å².